The standard InChI is InChI=1S/C9H12N2S/c1-6(2)8-5-12-9-7(3)4-10-11(8)9/h4-6H,1-3H3. The second-order valence-electron chi connectivity index (χ2n) is 3.36. The minimum absolute atomic E-state index is 0.554. The number of aryl methyl sites for hydroxylation is 1. The summed E-state index contributed by atoms with van der Waals surface area (Å²) in [7, 11) is 0. The molecule has 2 aromatic heterocycles. The first kappa shape index (κ1) is 7.80. The summed E-state index contributed by atoms with van der Waals surface area (Å²) >= 11 is 1.78. The lowest BCUT2D eigenvalue weighted by Crippen LogP contribution is -1.94. The van der Waals surface area contributed by atoms with Gasteiger partial charge in [0.1, 0.15) is 4.83 Å². The summed E-state index contributed by atoms with van der Waals surface area (Å²) in [6.07, 6.45) is 1.93. The van der Waals surface area contributed by atoms with Crippen LogP contribution in [-0.4, -0.2) is 9.61 Å². The minimum Gasteiger partial charge on any atom is -0.226 e. The van der Waals surface area contributed by atoms with Gasteiger partial charge in [-0.2, -0.15) is 5.10 Å². The molecule has 2 rings (SSSR count). The van der Waals surface area contributed by atoms with Crippen LogP contribution in [0.3, 0.4) is 0 Å². The largest absolute Gasteiger partial charge is 0.226 e. The Bertz CT molecular complexity index is 397. The monoisotopic (exact) mass is 180 g/mol. The lowest BCUT2D eigenvalue weighted by molar-refractivity contribution is 0.768. The van der Waals surface area contributed by atoms with Crippen molar-refractivity contribution in [2.24, 2.45) is 0 Å². The van der Waals surface area contributed by atoms with Crippen LogP contribution in [0.4, 0.5) is 0 Å². The molecule has 0 fully saturated rings. The number of thiazole rings is 1. The van der Waals surface area contributed by atoms with Gasteiger partial charge in [0.15, 0.2) is 0 Å². The Balaban J connectivity index is 2.71. The normalized spacial score (nSPS) is 11.7. The predicted octanol–water partition coefficient (Wildman–Crippen LogP) is 2.83. The summed E-state index contributed by atoms with van der Waals surface area (Å²) in [5, 5.41) is 6.52. The van der Waals surface area contributed by atoms with Crippen LogP contribution in [0.2, 0.25) is 0 Å². The van der Waals surface area contributed by atoms with E-state index >= 15 is 0 Å². The molecule has 0 unspecified atom stereocenters. The molecule has 0 saturated heterocycles. The van der Waals surface area contributed by atoms with Gasteiger partial charge in [-0.15, -0.1) is 11.3 Å². The number of aromatic nitrogens is 2. The maximum absolute atomic E-state index is 4.33. The molecule has 2 aromatic rings. The fraction of sp³-hybridized carbons (Fsp3) is 0.444. The molecule has 0 atom stereocenters. The number of hydrogen-bond acceptors (Lipinski definition) is 2. The molecule has 0 aliphatic carbocycles. The Morgan fingerprint density at radius 2 is 2.25 bits per heavy atom. The molecule has 0 radical (unpaired) electrons. The van der Waals surface area contributed by atoms with Crippen LogP contribution in [0.25, 0.3) is 4.83 Å². The molecular formula is C9H12N2S. The molecule has 0 aromatic carbocycles. The van der Waals surface area contributed by atoms with Crippen molar-refractivity contribution in [3.63, 3.8) is 0 Å². The Kier molecular flexibility index (Phi) is 1.68. The maximum Gasteiger partial charge on any atom is 0.122 e. The fourth-order valence-corrected chi connectivity index (χ4v) is 2.39. The van der Waals surface area contributed by atoms with Crippen molar-refractivity contribution in [1.82, 2.24) is 9.61 Å². The summed E-state index contributed by atoms with van der Waals surface area (Å²) in [5.74, 6) is 0.554. The van der Waals surface area contributed by atoms with E-state index in [1.54, 1.807) is 11.3 Å². The van der Waals surface area contributed by atoms with Crippen LogP contribution in [0.15, 0.2) is 11.6 Å². The number of nitrogens with zero attached hydrogens (tertiary/aromatic N) is 2. The summed E-state index contributed by atoms with van der Waals surface area (Å²) < 4.78 is 2.05. The fourth-order valence-electron chi connectivity index (χ4n) is 1.29. The van der Waals surface area contributed by atoms with Crippen LogP contribution in [0, 0.1) is 6.92 Å². The molecule has 64 valence electrons. The number of hydrogen-bond donors (Lipinski definition) is 0. The van der Waals surface area contributed by atoms with Gasteiger partial charge in [-0.3, -0.25) is 0 Å². The topological polar surface area (TPSA) is 17.3 Å². The molecule has 0 N–H and O–H groups in total. The van der Waals surface area contributed by atoms with Gasteiger partial charge in [-0.05, 0) is 12.8 Å². The highest BCUT2D eigenvalue weighted by Gasteiger charge is 2.09. The van der Waals surface area contributed by atoms with Crippen molar-refractivity contribution in [2.45, 2.75) is 26.7 Å². The molecule has 12 heavy (non-hydrogen) atoms. The van der Waals surface area contributed by atoms with Crippen molar-refractivity contribution in [1.29, 1.82) is 0 Å². The molecule has 0 saturated carbocycles. The first-order valence-corrected chi connectivity index (χ1v) is 5.00. The van der Waals surface area contributed by atoms with Gasteiger partial charge < -0.3 is 0 Å². The van der Waals surface area contributed by atoms with Crippen LogP contribution in [0.5, 0.6) is 0 Å². The van der Waals surface area contributed by atoms with Gasteiger partial charge in [0, 0.05) is 10.9 Å². The molecule has 0 amide bonds. The first-order valence-electron chi connectivity index (χ1n) is 4.12. The van der Waals surface area contributed by atoms with Gasteiger partial charge in [0.2, 0.25) is 0 Å². The highest BCUT2D eigenvalue weighted by molar-refractivity contribution is 7.15. The predicted molar refractivity (Wildman–Crippen MR) is 51.9 cm³/mol. The SMILES string of the molecule is Cc1cnn2c(C(C)C)csc12. The highest BCUT2D eigenvalue weighted by atomic mass is 32.1. The summed E-state index contributed by atoms with van der Waals surface area (Å²) in [4.78, 5) is 1.28. The third-order valence-electron chi connectivity index (χ3n) is 2.02. The molecule has 0 aliphatic heterocycles. The third-order valence-corrected chi connectivity index (χ3v) is 3.10. The average molecular weight is 180 g/mol. The summed E-state index contributed by atoms with van der Waals surface area (Å²) in [6, 6.07) is 0. The number of rotatable bonds is 1. The van der Waals surface area contributed by atoms with E-state index in [9.17, 15) is 0 Å². The van der Waals surface area contributed by atoms with E-state index < -0.39 is 0 Å². The molecular weight excluding hydrogens is 168 g/mol. The van der Waals surface area contributed by atoms with Crippen LogP contribution in [0.1, 0.15) is 31.0 Å². The van der Waals surface area contributed by atoms with E-state index in [-0.39, 0.29) is 0 Å². The van der Waals surface area contributed by atoms with Gasteiger partial charge >= 0.3 is 0 Å². The lowest BCUT2D eigenvalue weighted by Gasteiger charge is -1.99. The number of fused-ring (bicyclic) bond motifs is 1. The summed E-state index contributed by atoms with van der Waals surface area (Å²) in [5.41, 5.74) is 2.58. The van der Waals surface area contributed by atoms with Crippen LogP contribution >= 0.6 is 11.3 Å². The van der Waals surface area contributed by atoms with E-state index in [2.05, 4.69) is 31.2 Å². The molecule has 2 heterocycles. The smallest absolute Gasteiger partial charge is 0.122 e. The Morgan fingerprint density at radius 1 is 1.50 bits per heavy atom. The Morgan fingerprint density at radius 3 is 2.92 bits per heavy atom. The lowest BCUT2D eigenvalue weighted by atomic mass is 10.2. The molecule has 0 aliphatic rings. The zero-order valence-corrected chi connectivity index (χ0v) is 8.35. The van der Waals surface area contributed by atoms with Crippen molar-refractivity contribution >= 4 is 16.2 Å². The molecule has 0 spiro atoms. The zero-order chi connectivity index (χ0) is 8.72. The quantitative estimate of drug-likeness (QED) is 0.659. The second kappa shape index (κ2) is 2.59. The minimum atomic E-state index is 0.554. The van der Waals surface area contributed by atoms with Crippen molar-refractivity contribution in [2.75, 3.05) is 0 Å². The van der Waals surface area contributed by atoms with E-state index in [1.165, 1.54) is 16.1 Å². The van der Waals surface area contributed by atoms with Crippen molar-refractivity contribution in [3.05, 3.63) is 22.8 Å². The van der Waals surface area contributed by atoms with Crippen LogP contribution in [-0.2, 0) is 0 Å². The zero-order valence-electron chi connectivity index (χ0n) is 7.53. The Labute approximate surface area is 75.8 Å². The van der Waals surface area contributed by atoms with Crippen molar-refractivity contribution < 1.29 is 0 Å². The van der Waals surface area contributed by atoms with Crippen LogP contribution < -0.4 is 0 Å². The van der Waals surface area contributed by atoms with Crippen molar-refractivity contribution in [3.8, 4) is 0 Å². The Hall–Kier alpha value is -0.830. The summed E-state index contributed by atoms with van der Waals surface area (Å²) in [6.45, 7) is 6.49. The second-order valence-corrected chi connectivity index (χ2v) is 4.22. The first-order chi connectivity index (χ1) is 5.70. The molecule has 0 bridgehead atoms. The average Bonchev–Trinajstić information content (AvgIpc) is 2.53. The molecule has 2 nitrogen and oxygen atoms in total. The van der Waals surface area contributed by atoms with E-state index in [0.717, 1.165) is 0 Å². The van der Waals surface area contributed by atoms with Gasteiger partial charge in [0.05, 0.1) is 11.9 Å². The van der Waals surface area contributed by atoms with E-state index in [4.69, 9.17) is 0 Å². The highest BCUT2D eigenvalue weighted by Crippen LogP contribution is 2.24. The maximum atomic E-state index is 4.33. The van der Waals surface area contributed by atoms with Gasteiger partial charge in [-0.1, -0.05) is 13.8 Å². The van der Waals surface area contributed by atoms with Gasteiger partial charge in [-0.25, -0.2) is 4.52 Å². The third kappa shape index (κ3) is 0.966. The van der Waals surface area contributed by atoms with E-state index in [0.29, 0.717) is 5.92 Å². The molecule has 3 heteroatoms. The van der Waals surface area contributed by atoms with Gasteiger partial charge in [0.25, 0.3) is 0 Å². The van der Waals surface area contributed by atoms with E-state index in [1.807, 2.05) is 10.7 Å².